The lowest BCUT2D eigenvalue weighted by atomic mass is 10.0. The third-order valence-electron chi connectivity index (χ3n) is 4.43. The largest absolute Gasteiger partial charge is 0.487 e. The van der Waals surface area contributed by atoms with Gasteiger partial charge in [-0.25, -0.2) is 0 Å². The molecule has 1 aliphatic carbocycles. The average Bonchev–Trinajstić information content (AvgIpc) is 3.46. The molecule has 0 amide bonds. The van der Waals surface area contributed by atoms with Gasteiger partial charge in [-0.2, -0.15) is 0 Å². The molecule has 5 heteroatoms. The van der Waals surface area contributed by atoms with Gasteiger partial charge in [-0.3, -0.25) is 0 Å². The Balaban J connectivity index is 1.84. The van der Waals surface area contributed by atoms with Crippen LogP contribution in [0.2, 0.25) is 5.02 Å². The fraction of sp³-hybridized carbons (Fsp3) is 0.350. The number of halogens is 1. The fourth-order valence-corrected chi connectivity index (χ4v) is 3.22. The maximum Gasteiger partial charge on any atom is 0.260 e. The van der Waals surface area contributed by atoms with E-state index in [0.717, 1.165) is 17.7 Å². The van der Waals surface area contributed by atoms with Crippen LogP contribution < -0.4 is 10.1 Å². The highest BCUT2D eigenvalue weighted by Crippen LogP contribution is 2.43. The zero-order valence-electron chi connectivity index (χ0n) is 14.5. The van der Waals surface area contributed by atoms with Crippen molar-refractivity contribution in [2.45, 2.75) is 38.7 Å². The Kier molecular flexibility index (Phi) is 5.82. The lowest BCUT2D eigenvalue weighted by Gasteiger charge is -2.17. The first-order valence-electron chi connectivity index (χ1n) is 8.50. The van der Waals surface area contributed by atoms with Crippen LogP contribution in [0.3, 0.4) is 0 Å². The van der Waals surface area contributed by atoms with Crippen LogP contribution in [-0.4, -0.2) is 12.3 Å². The van der Waals surface area contributed by atoms with E-state index >= 15 is 0 Å². The fourth-order valence-electron chi connectivity index (χ4n) is 2.85. The van der Waals surface area contributed by atoms with Crippen molar-refractivity contribution in [3.8, 4) is 5.75 Å². The Hall–Kier alpha value is -1.78. The topological polar surface area (TPSA) is 30.5 Å². The number of benzene rings is 2. The summed E-state index contributed by atoms with van der Waals surface area (Å²) in [5, 5.41) is 4.14. The van der Waals surface area contributed by atoms with Crippen LogP contribution >= 0.6 is 23.8 Å². The van der Waals surface area contributed by atoms with Crippen LogP contribution in [0.1, 0.15) is 42.4 Å². The van der Waals surface area contributed by atoms with Gasteiger partial charge in [-0.15, -0.1) is 0 Å². The number of methoxy groups -OCH3 is 1. The quantitative estimate of drug-likeness (QED) is 0.656. The van der Waals surface area contributed by atoms with Gasteiger partial charge in [0.1, 0.15) is 12.4 Å². The number of nitrogens with one attached hydrogen (secondary N) is 1. The van der Waals surface area contributed by atoms with Crippen LogP contribution in [0.5, 0.6) is 5.75 Å². The van der Waals surface area contributed by atoms with E-state index < -0.39 is 0 Å². The minimum Gasteiger partial charge on any atom is -0.487 e. The molecule has 0 atom stereocenters. The molecule has 0 aromatic heterocycles. The minimum absolute atomic E-state index is 0.347. The summed E-state index contributed by atoms with van der Waals surface area (Å²) in [6.45, 7) is 2.54. The second-order valence-electron chi connectivity index (χ2n) is 6.17. The average molecular weight is 376 g/mol. The summed E-state index contributed by atoms with van der Waals surface area (Å²) in [4.78, 5) is 0. The maximum atomic E-state index is 6.35. The predicted molar refractivity (Wildman–Crippen MR) is 107 cm³/mol. The van der Waals surface area contributed by atoms with Crippen molar-refractivity contribution in [1.82, 2.24) is 0 Å². The molecule has 3 rings (SSSR count). The van der Waals surface area contributed by atoms with E-state index in [4.69, 9.17) is 33.3 Å². The lowest BCUT2D eigenvalue weighted by molar-refractivity contribution is 0.305. The maximum absolute atomic E-state index is 6.35. The number of aryl methyl sites for hydroxylation is 1. The Morgan fingerprint density at radius 1 is 1.28 bits per heavy atom. The van der Waals surface area contributed by atoms with Gasteiger partial charge in [0.25, 0.3) is 5.17 Å². The van der Waals surface area contributed by atoms with Gasteiger partial charge in [0.05, 0.1) is 12.1 Å². The van der Waals surface area contributed by atoms with Crippen molar-refractivity contribution < 1.29 is 9.47 Å². The second kappa shape index (κ2) is 8.07. The van der Waals surface area contributed by atoms with Crippen LogP contribution in [0.4, 0.5) is 5.69 Å². The standard InChI is InChI=1S/C20H22ClNO2S/c1-3-13-7-10-19(17(21)11-13)24-12-16-15(14-8-9-14)5-4-6-18(16)22-20(25)23-2/h4-7,10-11,14H,3,8-9,12H2,1-2H3,(H,22,25). The third-order valence-corrected chi connectivity index (χ3v) is 4.99. The Bertz CT molecular complexity index is 774. The number of hydrogen-bond donors (Lipinski definition) is 1. The van der Waals surface area contributed by atoms with E-state index in [2.05, 4.69) is 18.3 Å². The van der Waals surface area contributed by atoms with Gasteiger partial charge in [0, 0.05) is 11.3 Å². The van der Waals surface area contributed by atoms with Crippen molar-refractivity contribution in [3.05, 3.63) is 58.1 Å². The van der Waals surface area contributed by atoms with Crippen LogP contribution in [0, 0.1) is 0 Å². The summed E-state index contributed by atoms with van der Waals surface area (Å²) in [5.74, 6) is 1.30. The highest BCUT2D eigenvalue weighted by Gasteiger charge is 2.27. The van der Waals surface area contributed by atoms with Crippen molar-refractivity contribution in [2.75, 3.05) is 12.4 Å². The van der Waals surface area contributed by atoms with E-state index in [1.165, 1.54) is 24.0 Å². The second-order valence-corrected chi connectivity index (χ2v) is 6.95. The lowest BCUT2D eigenvalue weighted by Crippen LogP contribution is -2.14. The summed E-state index contributed by atoms with van der Waals surface area (Å²) < 4.78 is 11.1. The summed E-state index contributed by atoms with van der Waals surface area (Å²) in [7, 11) is 1.56. The van der Waals surface area contributed by atoms with Gasteiger partial charge in [-0.05, 0) is 66.7 Å². The monoisotopic (exact) mass is 375 g/mol. The van der Waals surface area contributed by atoms with E-state index in [1.807, 2.05) is 30.3 Å². The molecule has 0 bridgehead atoms. The van der Waals surface area contributed by atoms with Crippen LogP contribution in [-0.2, 0) is 17.8 Å². The van der Waals surface area contributed by atoms with Crippen molar-refractivity contribution in [3.63, 3.8) is 0 Å². The van der Waals surface area contributed by atoms with Crippen LogP contribution in [0.15, 0.2) is 36.4 Å². The number of ether oxygens (including phenoxy) is 2. The molecule has 0 saturated heterocycles. The first-order valence-corrected chi connectivity index (χ1v) is 9.29. The van der Waals surface area contributed by atoms with E-state index in [9.17, 15) is 0 Å². The van der Waals surface area contributed by atoms with Gasteiger partial charge in [-0.1, -0.05) is 36.7 Å². The zero-order chi connectivity index (χ0) is 17.8. The number of anilines is 1. The molecule has 0 heterocycles. The molecule has 1 fully saturated rings. The minimum atomic E-state index is 0.347. The molecular weight excluding hydrogens is 354 g/mol. The molecule has 1 saturated carbocycles. The van der Waals surface area contributed by atoms with Crippen molar-refractivity contribution >= 4 is 34.7 Å². The summed E-state index contributed by atoms with van der Waals surface area (Å²) in [6, 6.07) is 12.2. The van der Waals surface area contributed by atoms with E-state index in [0.29, 0.717) is 28.5 Å². The van der Waals surface area contributed by atoms with Crippen molar-refractivity contribution in [1.29, 1.82) is 0 Å². The molecule has 3 nitrogen and oxygen atoms in total. The molecule has 0 spiro atoms. The molecule has 2 aromatic carbocycles. The highest BCUT2D eigenvalue weighted by atomic mass is 35.5. The Labute approximate surface area is 159 Å². The highest BCUT2D eigenvalue weighted by molar-refractivity contribution is 7.80. The molecule has 2 aromatic rings. The molecule has 132 valence electrons. The Morgan fingerprint density at radius 3 is 2.72 bits per heavy atom. The summed E-state index contributed by atoms with van der Waals surface area (Å²) >= 11 is 11.5. The SMILES string of the molecule is CCc1ccc(OCc2c(NC(=S)OC)cccc2C2CC2)c(Cl)c1. The molecule has 1 N–H and O–H groups in total. The smallest absolute Gasteiger partial charge is 0.260 e. The molecule has 1 aliphatic rings. The molecular formula is C20H22ClNO2S. The Morgan fingerprint density at radius 2 is 2.08 bits per heavy atom. The van der Waals surface area contributed by atoms with Gasteiger partial charge in [0.2, 0.25) is 0 Å². The van der Waals surface area contributed by atoms with E-state index in [1.54, 1.807) is 7.11 Å². The molecule has 0 aliphatic heterocycles. The zero-order valence-corrected chi connectivity index (χ0v) is 16.0. The number of thiocarbonyl (C=S) groups is 1. The first kappa shape index (κ1) is 18.0. The van der Waals surface area contributed by atoms with Crippen molar-refractivity contribution in [2.24, 2.45) is 0 Å². The van der Waals surface area contributed by atoms with Gasteiger partial charge < -0.3 is 14.8 Å². The van der Waals surface area contributed by atoms with Crippen LogP contribution in [0.25, 0.3) is 0 Å². The summed E-state index contributed by atoms with van der Waals surface area (Å²) in [5.41, 5.74) is 4.55. The number of rotatable bonds is 6. The molecule has 0 unspecified atom stereocenters. The van der Waals surface area contributed by atoms with Gasteiger partial charge in [0.15, 0.2) is 0 Å². The normalized spacial score (nSPS) is 13.4. The van der Waals surface area contributed by atoms with Gasteiger partial charge >= 0.3 is 0 Å². The molecule has 25 heavy (non-hydrogen) atoms. The van der Waals surface area contributed by atoms with E-state index in [-0.39, 0.29) is 0 Å². The molecule has 0 radical (unpaired) electrons. The first-order chi connectivity index (χ1) is 12.1. The number of hydrogen-bond acceptors (Lipinski definition) is 3. The predicted octanol–water partition coefficient (Wildman–Crippen LogP) is 5.70. The summed E-state index contributed by atoms with van der Waals surface area (Å²) in [6.07, 6.45) is 3.39. The third kappa shape index (κ3) is 4.44.